The van der Waals surface area contributed by atoms with Crippen molar-refractivity contribution in [3.8, 4) is 5.75 Å². The van der Waals surface area contributed by atoms with E-state index in [1.54, 1.807) is 0 Å². The van der Waals surface area contributed by atoms with Crippen molar-refractivity contribution >= 4 is 29.9 Å². The summed E-state index contributed by atoms with van der Waals surface area (Å²) in [5, 5.41) is 16.3. The van der Waals surface area contributed by atoms with E-state index in [2.05, 4.69) is 20.4 Å². The summed E-state index contributed by atoms with van der Waals surface area (Å²) in [6.45, 7) is -0.0512. The van der Waals surface area contributed by atoms with E-state index in [0.717, 1.165) is 6.07 Å². The predicted molar refractivity (Wildman–Crippen MR) is 117 cm³/mol. The highest BCUT2D eigenvalue weighted by atomic mass is 127. The van der Waals surface area contributed by atoms with Crippen LogP contribution in [0.3, 0.4) is 0 Å². The fraction of sp³-hybridized carbons (Fsp3) is 0.350. The smallest absolute Gasteiger partial charge is 0.387 e. The van der Waals surface area contributed by atoms with Crippen molar-refractivity contribution in [3.05, 3.63) is 65.2 Å². The van der Waals surface area contributed by atoms with E-state index in [9.17, 15) is 22.7 Å². The molecule has 10 heteroatoms. The number of hydrogen-bond acceptors (Lipinski definition) is 3. The number of aliphatic hydroxyl groups is 1. The Morgan fingerprint density at radius 3 is 2.27 bits per heavy atom. The maximum absolute atomic E-state index is 13.2. The number of alkyl halides is 2. The van der Waals surface area contributed by atoms with Crippen molar-refractivity contribution in [2.75, 3.05) is 19.6 Å². The monoisotopic (exact) mass is 541 g/mol. The minimum Gasteiger partial charge on any atom is -0.435 e. The van der Waals surface area contributed by atoms with E-state index in [-0.39, 0.29) is 36.3 Å². The lowest BCUT2D eigenvalue weighted by atomic mass is 10.1. The van der Waals surface area contributed by atoms with Gasteiger partial charge in [0.15, 0.2) is 5.96 Å². The Morgan fingerprint density at radius 1 is 1.07 bits per heavy atom. The van der Waals surface area contributed by atoms with Crippen molar-refractivity contribution < 1.29 is 27.4 Å². The summed E-state index contributed by atoms with van der Waals surface area (Å²) in [7, 11) is 0. The van der Waals surface area contributed by atoms with Crippen LogP contribution in [0.15, 0.2) is 47.5 Å². The first-order chi connectivity index (χ1) is 13.9. The molecule has 0 fully saturated rings. The van der Waals surface area contributed by atoms with E-state index < -0.39 is 24.3 Å². The van der Waals surface area contributed by atoms with Crippen LogP contribution in [0.1, 0.15) is 24.2 Å². The van der Waals surface area contributed by atoms with Gasteiger partial charge in [0.1, 0.15) is 17.4 Å². The average molecular weight is 541 g/mol. The number of rotatable bonds is 9. The van der Waals surface area contributed by atoms with E-state index in [0.29, 0.717) is 36.6 Å². The van der Waals surface area contributed by atoms with Gasteiger partial charge in [-0.05, 0) is 48.7 Å². The number of guanidine groups is 1. The summed E-state index contributed by atoms with van der Waals surface area (Å²) in [5.74, 6) is -0.827. The molecule has 0 aliphatic rings. The second-order valence-electron chi connectivity index (χ2n) is 6.14. The second kappa shape index (κ2) is 13.3. The summed E-state index contributed by atoms with van der Waals surface area (Å²) in [5.41, 5.74) is 1.01. The Kier molecular flexibility index (Phi) is 11.5. The summed E-state index contributed by atoms with van der Waals surface area (Å²) in [4.78, 5) is 4.27. The van der Waals surface area contributed by atoms with Gasteiger partial charge in [0.2, 0.25) is 0 Å². The highest BCUT2D eigenvalue weighted by Crippen LogP contribution is 2.19. The molecule has 0 heterocycles. The molecule has 0 spiro atoms. The molecular weight excluding hydrogens is 517 g/mol. The Hall–Kier alpha value is -2.08. The maximum atomic E-state index is 13.2. The minimum atomic E-state index is -2.91. The third-order valence-electron chi connectivity index (χ3n) is 3.89. The van der Waals surface area contributed by atoms with Crippen LogP contribution in [0.4, 0.5) is 17.6 Å². The Balaban J connectivity index is 0.00000450. The van der Waals surface area contributed by atoms with Gasteiger partial charge < -0.3 is 20.5 Å². The zero-order valence-corrected chi connectivity index (χ0v) is 18.6. The molecule has 0 amide bonds. The number of halogens is 5. The van der Waals surface area contributed by atoms with Crippen LogP contribution in [0.25, 0.3) is 0 Å². The number of aliphatic imine (C=N–C) groups is 1. The molecule has 2 aromatic rings. The molecular formula is C20H24F4IN3O2. The Morgan fingerprint density at radius 2 is 1.70 bits per heavy atom. The lowest BCUT2D eigenvalue weighted by Crippen LogP contribution is -2.38. The molecule has 0 aliphatic carbocycles. The number of ether oxygens (including phenoxy) is 1. The largest absolute Gasteiger partial charge is 0.435 e. The SMILES string of the molecule is CCNC(=NCC(O)c1ccc(OC(F)F)cc1)NCCc1cc(F)cc(F)c1.I. The molecule has 2 rings (SSSR count). The van der Waals surface area contributed by atoms with E-state index >= 15 is 0 Å². The van der Waals surface area contributed by atoms with E-state index in [1.807, 2.05) is 6.92 Å². The second-order valence-corrected chi connectivity index (χ2v) is 6.14. The first kappa shape index (κ1) is 26.0. The highest BCUT2D eigenvalue weighted by Gasteiger charge is 2.10. The fourth-order valence-electron chi connectivity index (χ4n) is 2.58. The van der Waals surface area contributed by atoms with Gasteiger partial charge in [0.05, 0.1) is 12.6 Å². The van der Waals surface area contributed by atoms with Crippen molar-refractivity contribution in [2.45, 2.75) is 26.1 Å². The number of hydrogen-bond donors (Lipinski definition) is 3. The Labute approximate surface area is 189 Å². The molecule has 3 N–H and O–H groups in total. The zero-order chi connectivity index (χ0) is 21.2. The molecule has 0 saturated heterocycles. The molecule has 0 aromatic heterocycles. The fourth-order valence-corrected chi connectivity index (χ4v) is 2.58. The van der Waals surface area contributed by atoms with Crippen molar-refractivity contribution in [1.82, 2.24) is 10.6 Å². The quantitative estimate of drug-likeness (QED) is 0.194. The first-order valence-corrected chi connectivity index (χ1v) is 9.07. The lowest BCUT2D eigenvalue weighted by molar-refractivity contribution is -0.0498. The summed E-state index contributed by atoms with van der Waals surface area (Å²) in [6, 6.07) is 9.00. The minimum absolute atomic E-state index is 0. The van der Waals surface area contributed by atoms with Gasteiger partial charge >= 0.3 is 6.61 Å². The number of nitrogens with zero attached hydrogens (tertiary/aromatic N) is 1. The number of aliphatic hydroxyl groups excluding tert-OH is 1. The lowest BCUT2D eigenvalue weighted by Gasteiger charge is -2.14. The molecule has 166 valence electrons. The van der Waals surface area contributed by atoms with Crippen LogP contribution in [0.2, 0.25) is 0 Å². The van der Waals surface area contributed by atoms with Crippen LogP contribution >= 0.6 is 24.0 Å². The van der Waals surface area contributed by atoms with Gasteiger partial charge in [-0.2, -0.15) is 8.78 Å². The molecule has 1 atom stereocenters. The summed E-state index contributed by atoms with van der Waals surface area (Å²) >= 11 is 0. The van der Waals surface area contributed by atoms with Gasteiger partial charge in [-0.3, -0.25) is 4.99 Å². The van der Waals surface area contributed by atoms with Gasteiger partial charge in [-0.25, -0.2) is 8.78 Å². The van der Waals surface area contributed by atoms with Crippen LogP contribution in [-0.2, 0) is 6.42 Å². The van der Waals surface area contributed by atoms with Gasteiger partial charge in [0.25, 0.3) is 0 Å². The van der Waals surface area contributed by atoms with Crippen LogP contribution in [-0.4, -0.2) is 37.3 Å². The van der Waals surface area contributed by atoms with E-state index in [1.165, 1.54) is 36.4 Å². The predicted octanol–water partition coefficient (Wildman–Crippen LogP) is 4.02. The van der Waals surface area contributed by atoms with Crippen molar-refractivity contribution in [3.63, 3.8) is 0 Å². The van der Waals surface area contributed by atoms with Gasteiger partial charge in [0, 0.05) is 19.2 Å². The van der Waals surface area contributed by atoms with Crippen molar-refractivity contribution in [1.29, 1.82) is 0 Å². The molecule has 0 saturated carbocycles. The molecule has 0 bridgehead atoms. The highest BCUT2D eigenvalue weighted by molar-refractivity contribution is 14.0. The molecule has 2 aromatic carbocycles. The standard InChI is InChI=1S/C20H23F4N3O2.HI/c1-2-25-20(26-8-7-13-9-15(21)11-16(22)10-13)27-12-18(28)14-3-5-17(6-4-14)29-19(23)24;/h3-6,9-11,18-19,28H,2,7-8,12H2,1H3,(H2,25,26,27);1H. The Bertz CT molecular complexity index is 787. The third-order valence-corrected chi connectivity index (χ3v) is 3.89. The van der Waals surface area contributed by atoms with Crippen LogP contribution < -0.4 is 15.4 Å². The summed E-state index contributed by atoms with van der Waals surface area (Å²) in [6.07, 6.45) is -0.559. The molecule has 5 nitrogen and oxygen atoms in total. The third kappa shape index (κ3) is 9.16. The molecule has 1 unspecified atom stereocenters. The average Bonchev–Trinajstić information content (AvgIpc) is 2.65. The maximum Gasteiger partial charge on any atom is 0.387 e. The van der Waals surface area contributed by atoms with Gasteiger partial charge in [-0.1, -0.05) is 12.1 Å². The molecule has 0 radical (unpaired) electrons. The summed E-state index contributed by atoms with van der Waals surface area (Å²) < 4.78 is 55.1. The van der Waals surface area contributed by atoms with Crippen LogP contribution in [0.5, 0.6) is 5.75 Å². The van der Waals surface area contributed by atoms with E-state index in [4.69, 9.17) is 0 Å². The molecule has 0 aliphatic heterocycles. The van der Waals surface area contributed by atoms with Gasteiger partial charge in [-0.15, -0.1) is 24.0 Å². The topological polar surface area (TPSA) is 65.9 Å². The number of benzene rings is 2. The van der Waals surface area contributed by atoms with Crippen molar-refractivity contribution in [2.24, 2.45) is 4.99 Å². The molecule has 30 heavy (non-hydrogen) atoms. The van der Waals surface area contributed by atoms with Crippen LogP contribution in [0, 0.1) is 11.6 Å². The normalized spacial score (nSPS) is 12.3. The zero-order valence-electron chi connectivity index (χ0n) is 16.2. The first-order valence-electron chi connectivity index (χ1n) is 9.07. The number of nitrogens with one attached hydrogen (secondary N) is 2.